The Labute approximate surface area is 199 Å². The van der Waals surface area contributed by atoms with Gasteiger partial charge in [0.15, 0.2) is 27.3 Å². The first-order valence-electron chi connectivity index (χ1n) is 10.4. The van der Waals surface area contributed by atoms with Gasteiger partial charge in [0.2, 0.25) is 0 Å². The van der Waals surface area contributed by atoms with E-state index in [4.69, 9.17) is 4.74 Å². The average Bonchev–Trinajstić information content (AvgIpc) is 3.19. The van der Waals surface area contributed by atoms with Gasteiger partial charge in [0, 0.05) is 46.7 Å². The Balaban J connectivity index is 1.86. The van der Waals surface area contributed by atoms with Crippen molar-refractivity contribution in [3.8, 4) is 5.75 Å². The fraction of sp³-hybridized carbons (Fsp3) is 0.160. The summed E-state index contributed by atoms with van der Waals surface area (Å²) in [6.45, 7) is 1.62. The molecule has 35 heavy (non-hydrogen) atoms. The molecule has 1 atom stereocenters. The average molecular weight is 503 g/mol. The minimum absolute atomic E-state index is 0.0361. The number of ketones is 1. The van der Waals surface area contributed by atoms with Crippen LogP contribution in [0.3, 0.4) is 0 Å². The zero-order valence-electron chi connectivity index (χ0n) is 18.9. The van der Waals surface area contributed by atoms with Crippen molar-refractivity contribution in [2.24, 2.45) is 0 Å². The van der Waals surface area contributed by atoms with Gasteiger partial charge in [0.25, 0.3) is 0 Å². The van der Waals surface area contributed by atoms with Crippen LogP contribution in [-0.4, -0.2) is 32.6 Å². The summed E-state index contributed by atoms with van der Waals surface area (Å²) in [5.41, 5.74) is 1.43. The van der Waals surface area contributed by atoms with Crippen LogP contribution in [0.1, 0.15) is 27.5 Å². The molecule has 3 aromatic carbocycles. The number of hydrogen-bond donors (Lipinski definition) is 2. The fourth-order valence-electron chi connectivity index (χ4n) is 3.88. The third kappa shape index (κ3) is 4.88. The number of carbonyl (C=O) groups excluding carboxylic acids is 1. The van der Waals surface area contributed by atoms with Gasteiger partial charge < -0.3 is 15.0 Å². The van der Waals surface area contributed by atoms with Crippen LogP contribution in [0.5, 0.6) is 5.75 Å². The van der Waals surface area contributed by atoms with E-state index in [1.54, 1.807) is 6.92 Å². The van der Waals surface area contributed by atoms with Gasteiger partial charge in [-0.2, -0.15) is 0 Å². The van der Waals surface area contributed by atoms with E-state index in [1.165, 1.54) is 49.7 Å². The molecule has 0 radical (unpaired) electrons. The van der Waals surface area contributed by atoms with Gasteiger partial charge in [0.1, 0.15) is 17.6 Å². The standard InChI is InChI=1S/C25H21F3N2O4S/c1-13-6-14(26)4-5-18(13)24(30-15-7-16(34-2)9-17(8-15)35(3,32)33)25(31)20-12-29-23-11-22(28)21(27)10-19(20)23/h4-12,24,29-30H,1-3H3. The van der Waals surface area contributed by atoms with Crippen LogP contribution < -0.4 is 10.1 Å². The van der Waals surface area contributed by atoms with Gasteiger partial charge in [-0.25, -0.2) is 21.6 Å². The third-order valence-corrected chi connectivity index (χ3v) is 6.74. The van der Waals surface area contributed by atoms with E-state index < -0.39 is 39.1 Å². The van der Waals surface area contributed by atoms with Gasteiger partial charge in [-0.3, -0.25) is 4.79 Å². The molecule has 0 aliphatic rings. The number of sulfone groups is 1. The van der Waals surface area contributed by atoms with Gasteiger partial charge in [-0.1, -0.05) is 6.07 Å². The van der Waals surface area contributed by atoms with Crippen LogP contribution in [0.2, 0.25) is 0 Å². The van der Waals surface area contributed by atoms with Crippen LogP contribution in [0.15, 0.2) is 59.6 Å². The number of aromatic amines is 1. The number of rotatable bonds is 7. The van der Waals surface area contributed by atoms with E-state index in [-0.39, 0.29) is 32.8 Å². The summed E-state index contributed by atoms with van der Waals surface area (Å²) in [6.07, 6.45) is 2.38. The van der Waals surface area contributed by atoms with Crippen LogP contribution in [0.4, 0.5) is 18.9 Å². The molecule has 6 nitrogen and oxygen atoms in total. The second kappa shape index (κ2) is 9.10. The Bertz CT molecular complexity index is 1560. The highest BCUT2D eigenvalue weighted by molar-refractivity contribution is 7.90. The van der Waals surface area contributed by atoms with Crippen molar-refractivity contribution in [3.63, 3.8) is 0 Å². The van der Waals surface area contributed by atoms with Gasteiger partial charge in [-0.15, -0.1) is 0 Å². The molecule has 2 N–H and O–H groups in total. The highest BCUT2D eigenvalue weighted by Crippen LogP contribution is 2.32. The number of ether oxygens (including phenoxy) is 1. The van der Waals surface area contributed by atoms with Gasteiger partial charge >= 0.3 is 0 Å². The van der Waals surface area contributed by atoms with E-state index in [2.05, 4.69) is 10.3 Å². The van der Waals surface area contributed by atoms with E-state index in [0.717, 1.165) is 18.4 Å². The van der Waals surface area contributed by atoms with Crippen molar-refractivity contribution in [1.82, 2.24) is 4.98 Å². The number of halogens is 3. The first kappa shape index (κ1) is 24.3. The van der Waals surface area contributed by atoms with Crippen LogP contribution in [0, 0.1) is 24.4 Å². The van der Waals surface area contributed by atoms with E-state index in [0.29, 0.717) is 11.1 Å². The van der Waals surface area contributed by atoms with E-state index >= 15 is 0 Å². The summed E-state index contributed by atoms with van der Waals surface area (Å²) >= 11 is 0. The molecule has 4 aromatic rings. The first-order valence-corrected chi connectivity index (χ1v) is 12.3. The highest BCUT2D eigenvalue weighted by Gasteiger charge is 2.27. The molecule has 1 aromatic heterocycles. The Hall–Kier alpha value is -3.79. The minimum Gasteiger partial charge on any atom is -0.497 e. The summed E-state index contributed by atoms with van der Waals surface area (Å²) in [4.78, 5) is 16.5. The first-order chi connectivity index (χ1) is 16.5. The lowest BCUT2D eigenvalue weighted by molar-refractivity contribution is 0.0971. The van der Waals surface area contributed by atoms with Crippen LogP contribution >= 0.6 is 0 Å². The van der Waals surface area contributed by atoms with Crippen molar-refractivity contribution in [2.45, 2.75) is 17.9 Å². The number of carbonyl (C=O) groups is 1. The molecule has 0 fully saturated rings. The second-order valence-corrected chi connectivity index (χ2v) is 10.1. The molecule has 0 spiro atoms. The molecule has 0 aliphatic carbocycles. The summed E-state index contributed by atoms with van der Waals surface area (Å²) in [7, 11) is -2.24. The zero-order valence-corrected chi connectivity index (χ0v) is 19.8. The van der Waals surface area contributed by atoms with Gasteiger partial charge in [-0.05, 0) is 48.4 Å². The molecule has 0 saturated carbocycles. The Kier molecular flexibility index (Phi) is 6.33. The van der Waals surface area contributed by atoms with Crippen LogP contribution in [0.25, 0.3) is 10.9 Å². The van der Waals surface area contributed by atoms with Crippen molar-refractivity contribution in [2.75, 3.05) is 18.7 Å². The number of hydrogen-bond acceptors (Lipinski definition) is 5. The smallest absolute Gasteiger partial charge is 0.191 e. The van der Waals surface area contributed by atoms with Crippen LogP contribution in [-0.2, 0) is 9.84 Å². The summed E-state index contributed by atoms with van der Waals surface area (Å²) in [6, 6.07) is 8.85. The molecule has 0 saturated heterocycles. The molecule has 1 unspecified atom stereocenters. The van der Waals surface area contributed by atoms with Crippen molar-refractivity contribution in [3.05, 3.63) is 88.9 Å². The van der Waals surface area contributed by atoms with E-state index in [1.807, 2.05) is 0 Å². The van der Waals surface area contributed by atoms with Gasteiger partial charge in [0.05, 0.1) is 12.0 Å². The number of aryl methyl sites for hydroxylation is 1. The molecule has 1 heterocycles. The molecular formula is C25H21F3N2O4S. The Morgan fingerprint density at radius 2 is 1.74 bits per heavy atom. The molecular weight excluding hydrogens is 481 g/mol. The molecule has 182 valence electrons. The largest absolute Gasteiger partial charge is 0.497 e. The topological polar surface area (TPSA) is 88.3 Å². The number of H-pyrrole nitrogens is 1. The molecule has 0 amide bonds. The normalized spacial score (nSPS) is 12.5. The SMILES string of the molecule is COc1cc(NC(C(=O)c2c[nH]c3cc(F)c(F)cc23)c2ccc(F)cc2C)cc(S(C)(=O)=O)c1. The molecule has 0 aliphatic heterocycles. The Morgan fingerprint density at radius 1 is 1.03 bits per heavy atom. The summed E-state index contributed by atoms with van der Waals surface area (Å²) < 4.78 is 71.0. The fourth-order valence-corrected chi connectivity index (χ4v) is 4.55. The molecule has 0 bridgehead atoms. The monoisotopic (exact) mass is 502 g/mol. The second-order valence-electron chi connectivity index (χ2n) is 8.13. The quantitative estimate of drug-likeness (QED) is 0.333. The van der Waals surface area contributed by atoms with Crippen molar-refractivity contribution in [1.29, 1.82) is 0 Å². The predicted molar refractivity (Wildman–Crippen MR) is 126 cm³/mol. The lowest BCUT2D eigenvalue weighted by Crippen LogP contribution is -2.22. The molecule has 10 heteroatoms. The number of benzene rings is 3. The van der Waals surface area contributed by atoms with E-state index in [9.17, 15) is 26.4 Å². The minimum atomic E-state index is -3.61. The number of anilines is 1. The number of aromatic nitrogens is 1. The number of Topliss-reactive ketones (excluding diaryl/α,β-unsaturated/α-hetero) is 1. The molecule has 4 rings (SSSR count). The Morgan fingerprint density at radius 3 is 2.40 bits per heavy atom. The predicted octanol–water partition coefficient (Wildman–Crippen LogP) is 5.34. The summed E-state index contributed by atoms with van der Waals surface area (Å²) in [5.74, 6) is -2.96. The van der Waals surface area contributed by atoms with Crippen molar-refractivity contribution < 1.29 is 31.1 Å². The number of methoxy groups -OCH3 is 1. The number of nitrogens with one attached hydrogen (secondary N) is 2. The maximum atomic E-state index is 14.0. The maximum absolute atomic E-state index is 14.0. The highest BCUT2D eigenvalue weighted by atomic mass is 32.2. The maximum Gasteiger partial charge on any atom is 0.191 e. The zero-order chi connectivity index (χ0) is 25.5. The lowest BCUT2D eigenvalue weighted by Gasteiger charge is -2.22. The lowest BCUT2D eigenvalue weighted by atomic mass is 9.93. The van der Waals surface area contributed by atoms with Crippen molar-refractivity contribution >= 4 is 32.2 Å². The third-order valence-electron chi connectivity index (χ3n) is 5.65. The number of fused-ring (bicyclic) bond motifs is 1. The summed E-state index contributed by atoms with van der Waals surface area (Å²) in [5, 5.41) is 3.19.